The summed E-state index contributed by atoms with van der Waals surface area (Å²) in [6.45, 7) is 0.647. The molecule has 0 aromatic carbocycles. The number of nitrogens with zero attached hydrogens (tertiary/aromatic N) is 2. The van der Waals surface area contributed by atoms with Gasteiger partial charge in [-0.1, -0.05) is 11.6 Å². The third kappa shape index (κ3) is 2.11. The number of pyridine rings is 1. The number of hydrogen-bond donors (Lipinski definition) is 2. The van der Waals surface area contributed by atoms with Gasteiger partial charge in [0, 0.05) is 18.3 Å². The SMILES string of the molecule is N#Cc1ccnc(NCC2(N)CCC2)c1Cl. The van der Waals surface area contributed by atoms with Crippen LogP contribution in [-0.4, -0.2) is 17.1 Å². The zero-order valence-corrected chi connectivity index (χ0v) is 9.59. The summed E-state index contributed by atoms with van der Waals surface area (Å²) >= 11 is 6.01. The smallest absolute Gasteiger partial charge is 0.146 e. The summed E-state index contributed by atoms with van der Waals surface area (Å²) in [5.74, 6) is 0.539. The van der Waals surface area contributed by atoms with Crippen LogP contribution in [0.25, 0.3) is 0 Å². The van der Waals surface area contributed by atoms with E-state index in [1.54, 1.807) is 12.3 Å². The molecule has 0 atom stereocenters. The van der Waals surface area contributed by atoms with Gasteiger partial charge in [-0.3, -0.25) is 0 Å². The van der Waals surface area contributed by atoms with Gasteiger partial charge in [0.25, 0.3) is 0 Å². The lowest BCUT2D eigenvalue weighted by atomic mass is 9.78. The molecule has 1 aliphatic rings. The second-order valence-electron chi connectivity index (χ2n) is 4.20. The molecule has 0 aliphatic heterocycles. The molecule has 0 saturated heterocycles. The monoisotopic (exact) mass is 236 g/mol. The molecule has 84 valence electrons. The van der Waals surface area contributed by atoms with Crippen molar-refractivity contribution in [3.63, 3.8) is 0 Å². The molecule has 1 fully saturated rings. The Kier molecular flexibility index (Phi) is 2.99. The van der Waals surface area contributed by atoms with E-state index < -0.39 is 0 Å². The molecule has 1 aliphatic carbocycles. The average Bonchev–Trinajstić information content (AvgIpc) is 2.25. The van der Waals surface area contributed by atoms with Crippen LogP contribution in [0, 0.1) is 11.3 Å². The van der Waals surface area contributed by atoms with Gasteiger partial charge in [0.1, 0.15) is 16.9 Å². The second-order valence-corrected chi connectivity index (χ2v) is 4.58. The highest BCUT2D eigenvalue weighted by molar-refractivity contribution is 6.34. The van der Waals surface area contributed by atoms with E-state index in [1.807, 2.05) is 6.07 Å². The summed E-state index contributed by atoms with van der Waals surface area (Å²) in [6, 6.07) is 3.61. The summed E-state index contributed by atoms with van der Waals surface area (Å²) in [6.07, 6.45) is 4.79. The molecular formula is C11H13ClN4. The first-order chi connectivity index (χ1) is 7.64. The van der Waals surface area contributed by atoms with Gasteiger partial charge in [-0.05, 0) is 25.3 Å². The number of anilines is 1. The molecule has 1 aromatic heterocycles. The van der Waals surface area contributed by atoms with Gasteiger partial charge in [0.2, 0.25) is 0 Å². The quantitative estimate of drug-likeness (QED) is 0.841. The van der Waals surface area contributed by atoms with Crippen molar-refractivity contribution in [1.82, 2.24) is 4.98 Å². The van der Waals surface area contributed by atoms with Crippen molar-refractivity contribution in [3.8, 4) is 6.07 Å². The molecule has 0 unspecified atom stereocenters. The number of nitrogens with two attached hydrogens (primary N) is 1. The Labute approximate surface area is 99.4 Å². The van der Waals surface area contributed by atoms with Crippen LogP contribution in [0.3, 0.4) is 0 Å². The fraction of sp³-hybridized carbons (Fsp3) is 0.455. The first-order valence-corrected chi connectivity index (χ1v) is 5.60. The van der Waals surface area contributed by atoms with Gasteiger partial charge in [0.15, 0.2) is 0 Å². The molecule has 0 radical (unpaired) electrons. The Hall–Kier alpha value is -1.31. The summed E-state index contributed by atoms with van der Waals surface area (Å²) in [5, 5.41) is 12.3. The number of rotatable bonds is 3. The normalized spacial score (nSPS) is 17.3. The predicted octanol–water partition coefficient (Wildman–Crippen LogP) is 1.90. The Morgan fingerprint density at radius 2 is 2.38 bits per heavy atom. The highest BCUT2D eigenvalue weighted by Gasteiger charge is 2.32. The van der Waals surface area contributed by atoms with E-state index in [4.69, 9.17) is 22.6 Å². The van der Waals surface area contributed by atoms with Crippen molar-refractivity contribution >= 4 is 17.4 Å². The van der Waals surface area contributed by atoms with Crippen LogP contribution in [0.5, 0.6) is 0 Å². The number of halogens is 1. The maximum absolute atomic E-state index is 8.81. The Morgan fingerprint density at radius 3 is 2.94 bits per heavy atom. The topological polar surface area (TPSA) is 74.7 Å². The van der Waals surface area contributed by atoms with E-state index in [1.165, 1.54) is 6.42 Å². The first kappa shape index (κ1) is 11.2. The van der Waals surface area contributed by atoms with Crippen LogP contribution in [0.4, 0.5) is 5.82 Å². The molecule has 3 N–H and O–H groups in total. The number of aromatic nitrogens is 1. The molecule has 0 amide bonds. The lowest BCUT2D eigenvalue weighted by Crippen LogP contribution is -2.52. The standard InChI is InChI=1S/C11H13ClN4/c12-9-8(6-13)2-5-15-10(9)16-7-11(14)3-1-4-11/h2,5H,1,3-4,7,14H2,(H,15,16). The maximum Gasteiger partial charge on any atom is 0.146 e. The minimum Gasteiger partial charge on any atom is -0.367 e. The van der Waals surface area contributed by atoms with Crippen molar-refractivity contribution < 1.29 is 0 Å². The minimum atomic E-state index is -0.131. The van der Waals surface area contributed by atoms with Crippen LogP contribution in [0.1, 0.15) is 24.8 Å². The van der Waals surface area contributed by atoms with Crippen LogP contribution in [0.2, 0.25) is 5.02 Å². The van der Waals surface area contributed by atoms with E-state index >= 15 is 0 Å². The summed E-state index contributed by atoms with van der Waals surface area (Å²) in [5.41, 5.74) is 6.37. The Bertz CT molecular complexity index is 434. The third-order valence-electron chi connectivity index (χ3n) is 2.97. The van der Waals surface area contributed by atoms with Crippen molar-refractivity contribution in [2.75, 3.05) is 11.9 Å². The van der Waals surface area contributed by atoms with E-state index in [9.17, 15) is 0 Å². The molecule has 5 heteroatoms. The van der Waals surface area contributed by atoms with Crippen molar-refractivity contribution in [3.05, 3.63) is 22.8 Å². The molecule has 1 heterocycles. The second kappa shape index (κ2) is 4.28. The zero-order chi connectivity index (χ0) is 11.6. The van der Waals surface area contributed by atoms with E-state index in [2.05, 4.69) is 10.3 Å². The fourth-order valence-electron chi connectivity index (χ4n) is 1.72. The minimum absolute atomic E-state index is 0.131. The van der Waals surface area contributed by atoms with Crippen LogP contribution in [-0.2, 0) is 0 Å². The summed E-state index contributed by atoms with van der Waals surface area (Å²) in [4.78, 5) is 4.10. The molecule has 1 saturated carbocycles. The van der Waals surface area contributed by atoms with E-state index in [-0.39, 0.29) is 5.54 Å². The van der Waals surface area contributed by atoms with Crippen LogP contribution >= 0.6 is 11.6 Å². The lowest BCUT2D eigenvalue weighted by Gasteiger charge is -2.38. The highest BCUT2D eigenvalue weighted by atomic mass is 35.5. The lowest BCUT2D eigenvalue weighted by molar-refractivity contribution is 0.265. The molecule has 2 rings (SSSR count). The molecule has 1 aromatic rings. The molecule has 4 nitrogen and oxygen atoms in total. The molecule has 0 bridgehead atoms. The summed E-state index contributed by atoms with van der Waals surface area (Å²) in [7, 11) is 0. The fourth-order valence-corrected chi connectivity index (χ4v) is 1.94. The third-order valence-corrected chi connectivity index (χ3v) is 3.35. The van der Waals surface area contributed by atoms with E-state index in [0.29, 0.717) is 22.9 Å². The van der Waals surface area contributed by atoms with E-state index in [0.717, 1.165) is 12.8 Å². The average molecular weight is 237 g/mol. The largest absolute Gasteiger partial charge is 0.367 e. The van der Waals surface area contributed by atoms with Gasteiger partial charge in [-0.2, -0.15) is 5.26 Å². The Balaban J connectivity index is 2.07. The maximum atomic E-state index is 8.81. The van der Waals surface area contributed by atoms with Gasteiger partial charge < -0.3 is 11.1 Å². The predicted molar refractivity (Wildman–Crippen MR) is 63.2 cm³/mol. The number of nitriles is 1. The first-order valence-electron chi connectivity index (χ1n) is 5.22. The number of nitrogens with one attached hydrogen (secondary N) is 1. The van der Waals surface area contributed by atoms with Gasteiger partial charge in [-0.25, -0.2) is 4.98 Å². The van der Waals surface area contributed by atoms with Crippen molar-refractivity contribution in [1.29, 1.82) is 5.26 Å². The molecular weight excluding hydrogens is 224 g/mol. The van der Waals surface area contributed by atoms with Crippen molar-refractivity contribution in [2.24, 2.45) is 5.73 Å². The van der Waals surface area contributed by atoms with Gasteiger partial charge >= 0.3 is 0 Å². The molecule has 0 spiro atoms. The highest BCUT2D eigenvalue weighted by Crippen LogP contribution is 2.30. The van der Waals surface area contributed by atoms with Gasteiger partial charge in [0.05, 0.1) is 5.56 Å². The molecule has 16 heavy (non-hydrogen) atoms. The van der Waals surface area contributed by atoms with Crippen LogP contribution < -0.4 is 11.1 Å². The summed E-state index contributed by atoms with van der Waals surface area (Å²) < 4.78 is 0. The van der Waals surface area contributed by atoms with Crippen LogP contribution in [0.15, 0.2) is 12.3 Å². The Morgan fingerprint density at radius 1 is 1.62 bits per heavy atom. The van der Waals surface area contributed by atoms with Crippen molar-refractivity contribution in [2.45, 2.75) is 24.8 Å². The van der Waals surface area contributed by atoms with Gasteiger partial charge in [-0.15, -0.1) is 0 Å². The zero-order valence-electron chi connectivity index (χ0n) is 8.83. The number of hydrogen-bond acceptors (Lipinski definition) is 4.